The minimum atomic E-state index is -2.05. The molecule has 2 saturated heterocycles. The van der Waals surface area contributed by atoms with Crippen LogP contribution in [0.3, 0.4) is 0 Å². The maximum Gasteiger partial charge on any atom is 0.335 e. The lowest BCUT2D eigenvalue weighted by Gasteiger charge is -2.70. The van der Waals surface area contributed by atoms with Gasteiger partial charge in [-0.3, -0.25) is 4.79 Å². The second-order valence-electron chi connectivity index (χ2n) is 20.6. The monoisotopic (exact) mass is 839 g/mol. The predicted octanol–water partition coefficient (Wildman–Crippen LogP) is 1.29. The molecular formula is C42H65NO16. The van der Waals surface area contributed by atoms with Gasteiger partial charge in [0.05, 0.1) is 6.10 Å². The highest BCUT2D eigenvalue weighted by atomic mass is 16.8. The van der Waals surface area contributed by atoms with Crippen LogP contribution in [-0.4, -0.2) is 127 Å². The minimum absolute atomic E-state index is 0. The van der Waals surface area contributed by atoms with Crippen molar-refractivity contribution in [2.75, 3.05) is 0 Å². The van der Waals surface area contributed by atoms with Gasteiger partial charge >= 0.3 is 11.9 Å². The number of hydrogen-bond donors (Lipinski definition) is 8. The molecule has 0 bridgehead atoms. The molecule has 0 spiro atoms. The van der Waals surface area contributed by atoms with Gasteiger partial charge < -0.3 is 70.7 Å². The molecule has 0 radical (unpaired) electrons. The Labute approximate surface area is 344 Å². The van der Waals surface area contributed by atoms with E-state index in [-0.39, 0.29) is 40.5 Å². The zero-order valence-electron chi connectivity index (χ0n) is 35.3. The molecule has 0 aromatic heterocycles. The summed E-state index contributed by atoms with van der Waals surface area (Å²) in [6.45, 7) is 14.7. The van der Waals surface area contributed by atoms with Crippen LogP contribution in [0.2, 0.25) is 0 Å². The molecule has 11 N–H and O–H groups in total. The number of carbonyl (C=O) groups excluding carboxylic acids is 2. The Bertz CT molecular complexity index is 1740. The van der Waals surface area contributed by atoms with Crippen LogP contribution in [0.15, 0.2) is 11.6 Å². The van der Waals surface area contributed by atoms with Crippen molar-refractivity contribution in [2.24, 2.45) is 50.2 Å². The third kappa shape index (κ3) is 6.72. The zero-order chi connectivity index (χ0) is 42.9. The van der Waals surface area contributed by atoms with Gasteiger partial charge in [0.15, 0.2) is 30.6 Å². The summed E-state index contributed by atoms with van der Waals surface area (Å²) in [4.78, 5) is 51.2. The number of rotatable bonds is 7. The van der Waals surface area contributed by atoms with Gasteiger partial charge in [-0.15, -0.1) is 0 Å². The van der Waals surface area contributed by atoms with Crippen molar-refractivity contribution in [1.29, 1.82) is 0 Å². The Kier molecular flexibility index (Phi) is 11.7. The van der Waals surface area contributed by atoms with Crippen LogP contribution < -0.4 is 11.3 Å². The Hall–Kier alpha value is -2.58. The number of aliphatic carboxylic acids is 3. The van der Waals surface area contributed by atoms with E-state index < -0.39 is 107 Å². The lowest BCUT2D eigenvalue weighted by molar-refractivity contribution is -0.371. The number of allylic oxidation sites excluding steroid dienone is 2. The summed E-state index contributed by atoms with van der Waals surface area (Å²) in [6.07, 6.45) is -12.5. The maximum absolute atomic E-state index is 14.8. The summed E-state index contributed by atoms with van der Waals surface area (Å²) in [5, 5.41) is 85.1. The summed E-state index contributed by atoms with van der Waals surface area (Å²) in [6, 6.07) is 0. The Balaban J connectivity index is 0.00000585. The Morgan fingerprint density at radius 3 is 1.90 bits per heavy atom. The SMILES string of the molecule is CC1(C)[C@@H](O[C@@H]2O[C@@H](C(=O)O)[C@H](O)[C@@H](O)[C@@H]2O[C@H]2O[C@@H](C(=O)O)[C@H](O)[C@@H](O)[C@@H]2O)CC[C@]2(C)C3C(=O)C=C4[C@@H]5C[C@@](C)(C(=O)[O-])CC[C@]5(C)CC[C@@]4(C)[C@]3(C)CC[C@@H]12.[NH4+]. The number of quaternary nitrogens is 1. The number of carboxylic acids is 3. The molecule has 0 amide bonds. The van der Waals surface area contributed by atoms with Crippen LogP contribution in [-0.2, 0) is 38.1 Å². The molecule has 59 heavy (non-hydrogen) atoms. The molecule has 5 aliphatic carbocycles. The van der Waals surface area contributed by atoms with Crippen molar-refractivity contribution in [1.82, 2.24) is 6.15 Å². The van der Waals surface area contributed by atoms with Crippen LogP contribution in [0.4, 0.5) is 0 Å². The van der Waals surface area contributed by atoms with E-state index in [4.69, 9.17) is 18.9 Å². The second-order valence-corrected chi connectivity index (χ2v) is 20.6. The van der Waals surface area contributed by atoms with Gasteiger partial charge in [-0.25, -0.2) is 9.59 Å². The third-order valence-electron chi connectivity index (χ3n) is 17.2. The van der Waals surface area contributed by atoms with Crippen LogP contribution in [0, 0.1) is 50.2 Å². The quantitative estimate of drug-likeness (QED) is 0.168. The van der Waals surface area contributed by atoms with Gasteiger partial charge in [-0.05, 0) is 103 Å². The number of fused-ring (bicyclic) bond motifs is 7. The van der Waals surface area contributed by atoms with E-state index >= 15 is 0 Å². The van der Waals surface area contributed by atoms with Gasteiger partial charge in [-0.1, -0.05) is 54.0 Å². The summed E-state index contributed by atoms with van der Waals surface area (Å²) in [5.41, 5.74) is -2.03. The molecule has 2 heterocycles. The van der Waals surface area contributed by atoms with E-state index in [1.165, 1.54) is 0 Å². The van der Waals surface area contributed by atoms with E-state index in [0.717, 1.165) is 24.8 Å². The van der Waals surface area contributed by atoms with Crippen molar-refractivity contribution in [3.8, 4) is 0 Å². The van der Waals surface area contributed by atoms with E-state index in [1.807, 2.05) is 19.9 Å². The number of aliphatic hydroxyl groups excluding tert-OH is 5. The number of aliphatic hydroxyl groups is 5. The normalized spacial score (nSPS) is 51.7. The standard InChI is InChI=1S/C42H62O16.H3N/c1-37(2)21-8-11-42(7)31(20(43)16-18-19-17-39(4,36(53)54)13-12-38(19,3)14-15-41(18,42)6)40(21,5)10-9-22(37)55-35-30(26(47)25(46)29(57-35)33(51)52)58-34-27(48)23(44)24(45)28(56-34)32(49)50;/h16,19,21-31,34-35,44-48H,8-15,17H2,1-7H3,(H,49,50)(H,51,52)(H,53,54);1H3/t19-,21-,22-,23+,24+,25+,26+,27-,28+,29+,30-,31?,34+,35+,38+,39-,40-,41+,42+;/m0./s1. The van der Waals surface area contributed by atoms with Crippen LogP contribution in [0.25, 0.3) is 0 Å². The van der Waals surface area contributed by atoms with Crippen molar-refractivity contribution in [3.05, 3.63) is 11.6 Å². The van der Waals surface area contributed by atoms with E-state index in [0.29, 0.717) is 38.5 Å². The lowest BCUT2D eigenvalue weighted by Crippen LogP contribution is -2.68. The summed E-state index contributed by atoms with van der Waals surface area (Å²) >= 11 is 0. The molecule has 7 rings (SSSR count). The first-order valence-electron chi connectivity index (χ1n) is 20.7. The van der Waals surface area contributed by atoms with Crippen LogP contribution >= 0.6 is 0 Å². The molecule has 4 saturated carbocycles. The smallest absolute Gasteiger partial charge is 0.335 e. The molecule has 17 heteroatoms. The van der Waals surface area contributed by atoms with Crippen molar-refractivity contribution < 1.29 is 79.0 Å². The lowest BCUT2D eigenvalue weighted by atomic mass is 9.33. The molecule has 6 fully saturated rings. The predicted molar refractivity (Wildman–Crippen MR) is 203 cm³/mol. The highest BCUT2D eigenvalue weighted by molar-refractivity contribution is 5.95. The fraction of sp³-hybridized carbons (Fsp3) is 0.857. The highest BCUT2D eigenvalue weighted by Gasteiger charge is 2.70. The Morgan fingerprint density at radius 1 is 0.729 bits per heavy atom. The second kappa shape index (κ2) is 15.1. The minimum Gasteiger partial charge on any atom is -0.550 e. The van der Waals surface area contributed by atoms with Gasteiger partial charge in [-0.2, -0.15) is 0 Å². The highest BCUT2D eigenvalue weighted by Crippen LogP contribution is 2.75. The first-order valence-corrected chi connectivity index (χ1v) is 20.7. The van der Waals surface area contributed by atoms with Gasteiger partial charge in [0.2, 0.25) is 0 Å². The molecule has 0 aromatic rings. The maximum atomic E-state index is 14.8. The number of ether oxygens (including phenoxy) is 4. The zero-order valence-corrected chi connectivity index (χ0v) is 35.3. The summed E-state index contributed by atoms with van der Waals surface area (Å²) in [7, 11) is 0. The fourth-order valence-corrected chi connectivity index (χ4v) is 13.4. The first-order chi connectivity index (χ1) is 26.8. The molecule has 7 aliphatic rings. The van der Waals surface area contributed by atoms with Crippen LogP contribution in [0.1, 0.15) is 106 Å². The van der Waals surface area contributed by atoms with Crippen molar-refractivity contribution in [3.63, 3.8) is 0 Å². The molecule has 1 unspecified atom stereocenters. The number of carbonyl (C=O) groups is 4. The van der Waals surface area contributed by atoms with E-state index in [9.17, 15) is 60.0 Å². The van der Waals surface area contributed by atoms with Crippen molar-refractivity contribution >= 4 is 23.7 Å². The largest absolute Gasteiger partial charge is 0.550 e. The van der Waals surface area contributed by atoms with Crippen molar-refractivity contribution in [2.45, 2.75) is 174 Å². The van der Waals surface area contributed by atoms with E-state index in [1.54, 1.807) is 6.92 Å². The topological polar surface area (TPSA) is 306 Å². The van der Waals surface area contributed by atoms with Gasteiger partial charge in [0.25, 0.3) is 0 Å². The third-order valence-corrected chi connectivity index (χ3v) is 17.2. The number of ketones is 1. The fourth-order valence-electron chi connectivity index (χ4n) is 13.4. The Morgan fingerprint density at radius 2 is 1.31 bits per heavy atom. The molecule has 2 aliphatic heterocycles. The van der Waals surface area contributed by atoms with E-state index in [2.05, 4.69) is 27.7 Å². The summed E-state index contributed by atoms with van der Waals surface area (Å²) in [5.74, 6) is -4.80. The molecule has 0 aromatic carbocycles. The summed E-state index contributed by atoms with van der Waals surface area (Å²) < 4.78 is 23.4. The number of carboxylic acid groups (broad SMARTS) is 3. The first kappa shape index (κ1) is 45.9. The molecule has 17 nitrogen and oxygen atoms in total. The average molecular weight is 840 g/mol. The number of hydrogen-bond acceptors (Lipinski definition) is 14. The van der Waals surface area contributed by atoms with Crippen LogP contribution in [0.5, 0.6) is 0 Å². The van der Waals surface area contributed by atoms with Gasteiger partial charge in [0, 0.05) is 17.3 Å². The molecule has 19 atom stereocenters. The van der Waals surface area contributed by atoms with Gasteiger partial charge in [0.1, 0.15) is 36.6 Å². The molecule has 334 valence electrons. The molecular weight excluding hydrogens is 774 g/mol. The average Bonchev–Trinajstić information content (AvgIpc) is 3.13.